The molecular formula is C21H23F5NOS+. The Kier molecular flexibility index (Phi) is 8.07. The highest BCUT2D eigenvalue weighted by atomic mass is 32.2. The minimum absolute atomic E-state index is 0.206. The molecule has 0 aromatic heterocycles. The van der Waals surface area contributed by atoms with E-state index in [1.807, 2.05) is 42.1 Å². The van der Waals surface area contributed by atoms with Crippen molar-refractivity contribution in [1.29, 1.82) is 0 Å². The summed E-state index contributed by atoms with van der Waals surface area (Å²) in [5, 5.41) is 0. The maximum absolute atomic E-state index is 13.1. The van der Waals surface area contributed by atoms with Gasteiger partial charge in [0.2, 0.25) is 5.71 Å². The van der Waals surface area contributed by atoms with Crippen LogP contribution in [0.1, 0.15) is 31.4 Å². The molecule has 158 valence electrons. The average molecular weight is 432 g/mol. The third-order valence-corrected chi connectivity index (χ3v) is 5.25. The summed E-state index contributed by atoms with van der Waals surface area (Å²) < 4.78 is 71.7. The molecule has 8 heteroatoms. The van der Waals surface area contributed by atoms with Gasteiger partial charge in [-0.2, -0.15) is 22.0 Å². The van der Waals surface area contributed by atoms with E-state index in [1.54, 1.807) is 18.7 Å². The van der Waals surface area contributed by atoms with E-state index < -0.39 is 24.1 Å². The normalized spacial score (nSPS) is 18.9. The highest BCUT2D eigenvalue weighted by Gasteiger charge is 2.33. The monoisotopic (exact) mass is 432 g/mol. The molecule has 0 aliphatic carbocycles. The van der Waals surface area contributed by atoms with Gasteiger partial charge in [0.15, 0.2) is 6.54 Å². The molecule has 0 saturated heterocycles. The summed E-state index contributed by atoms with van der Waals surface area (Å²) in [6, 6.07) is 2.73. The number of benzene rings is 1. The standard InChI is InChI=1S/C21H23F5NOS/c1-14-7-5-4-6-11-27(12-10-15(2)29-3)19(14)17-9-8-16(21(24,25)26)13-18(17)28-20(22)23/h4-5,7-10,13,20H,6,11-12H2,1-3H3/q+1/b5-4-,14-7+,15-10+,27-19?. The molecule has 1 aliphatic rings. The van der Waals surface area contributed by atoms with E-state index in [-0.39, 0.29) is 5.56 Å². The fraction of sp³-hybridized carbons (Fsp3) is 0.381. The highest BCUT2D eigenvalue weighted by molar-refractivity contribution is 8.02. The number of rotatable bonds is 6. The number of allylic oxidation sites excluding steroid dienone is 4. The lowest BCUT2D eigenvalue weighted by atomic mass is 9.98. The molecule has 0 spiro atoms. The maximum Gasteiger partial charge on any atom is 0.416 e. The quantitative estimate of drug-likeness (QED) is 0.387. The van der Waals surface area contributed by atoms with E-state index >= 15 is 0 Å². The van der Waals surface area contributed by atoms with Gasteiger partial charge in [-0.15, -0.1) is 11.8 Å². The largest absolute Gasteiger partial charge is 0.434 e. The van der Waals surface area contributed by atoms with Crippen molar-refractivity contribution in [1.82, 2.24) is 0 Å². The first-order valence-corrected chi connectivity index (χ1v) is 10.2. The molecule has 0 radical (unpaired) electrons. The fourth-order valence-corrected chi connectivity index (χ4v) is 3.20. The zero-order valence-electron chi connectivity index (χ0n) is 16.4. The van der Waals surface area contributed by atoms with Crippen LogP contribution in [0.2, 0.25) is 0 Å². The van der Waals surface area contributed by atoms with Crippen molar-refractivity contribution in [3.63, 3.8) is 0 Å². The van der Waals surface area contributed by atoms with Crippen molar-refractivity contribution in [2.75, 3.05) is 19.3 Å². The zero-order valence-corrected chi connectivity index (χ0v) is 17.2. The van der Waals surface area contributed by atoms with Gasteiger partial charge in [-0.1, -0.05) is 18.2 Å². The van der Waals surface area contributed by atoms with Crippen molar-refractivity contribution in [3.05, 3.63) is 64.1 Å². The van der Waals surface area contributed by atoms with Gasteiger partial charge in [0.1, 0.15) is 12.3 Å². The molecule has 0 N–H and O–H groups in total. The number of alkyl halides is 5. The van der Waals surface area contributed by atoms with Gasteiger partial charge in [-0.05, 0) is 49.3 Å². The van der Waals surface area contributed by atoms with Crippen molar-refractivity contribution >= 4 is 17.5 Å². The van der Waals surface area contributed by atoms with Crippen LogP contribution in [0, 0.1) is 0 Å². The van der Waals surface area contributed by atoms with Crippen LogP contribution in [0.25, 0.3) is 0 Å². The number of hydrogen-bond acceptors (Lipinski definition) is 2. The van der Waals surface area contributed by atoms with Crippen LogP contribution in [0.4, 0.5) is 22.0 Å². The average Bonchev–Trinajstić information content (AvgIpc) is 2.63. The van der Waals surface area contributed by atoms with Crippen LogP contribution in [0.3, 0.4) is 0 Å². The molecule has 1 aromatic rings. The second-order valence-corrected chi connectivity index (χ2v) is 7.52. The number of nitrogens with zero attached hydrogens (tertiary/aromatic N) is 1. The molecular weight excluding hydrogens is 409 g/mol. The van der Waals surface area contributed by atoms with E-state index in [9.17, 15) is 22.0 Å². The van der Waals surface area contributed by atoms with Crippen LogP contribution in [0.5, 0.6) is 5.75 Å². The first kappa shape index (κ1) is 23.2. The van der Waals surface area contributed by atoms with E-state index in [0.29, 0.717) is 31.3 Å². The van der Waals surface area contributed by atoms with Gasteiger partial charge in [0.25, 0.3) is 0 Å². The Bertz CT molecular complexity index is 853. The smallest absolute Gasteiger partial charge is 0.416 e. The molecule has 1 aromatic carbocycles. The summed E-state index contributed by atoms with van der Waals surface area (Å²) in [5.41, 5.74) is 0.492. The molecule has 1 aliphatic heterocycles. The van der Waals surface area contributed by atoms with E-state index in [1.165, 1.54) is 6.07 Å². The summed E-state index contributed by atoms with van der Waals surface area (Å²) in [7, 11) is 0. The molecule has 0 unspecified atom stereocenters. The molecule has 0 fully saturated rings. The van der Waals surface area contributed by atoms with Crippen molar-refractivity contribution in [2.24, 2.45) is 0 Å². The van der Waals surface area contributed by atoms with Crippen molar-refractivity contribution in [2.45, 2.75) is 33.1 Å². The van der Waals surface area contributed by atoms with Gasteiger partial charge in [0, 0.05) is 12.0 Å². The van der Waals surface area contributed by atoms with Gasteiger partial charge in [-0.3, -0.25) is 0 Å². The Morgan fingerprint density at radius 1 is 1.31 bits per heavy atom. The van der Waals surface area contributed by atoms with E-state index in [2.05, 4.69) is 4.74 Å². The molecule has 1 heterocycles. The van der Waals surface area contributed by atoms with Crippen molar-refractivity contribution in [3.8, 4) is 5.75 Å². The lowest BCUT2D eigenvalue weighted by Crippen LogP contribution is -2.26. The van der Waals surface area contributed by atoms with Crippen LogP contribution in [-0.4, -0.2) is 36.2 Å². The zero-order chi connectivity index (χ0) is 21.6. The molecule has 0 bridgehead atoms. The molecule has 0 atom stereocenters. The number of hydrogen-bond donors (Lipinski definition) is 0. The second kappa shape index (κ2) is 10.1. The Balaban J connectivity index is 2.69. The van der Waals surface area contributed by atoms with Crippen LogP contribution < -0.4 is 4.74 Å². The van der Waals surface area contributed by atoms with Crippen LogP contribution >= 0.6 is 11.8 Å². The highest BCUT2D eigenvalue weighted by Crippen LogP contribution is 2.34. The summed E-state index contributed by atoms with van der Waals surface area (Å²) in [6.45, 7) is 1.61. The third kappa shape index (κ3) is 6.45. The predicted octanol–water partition coefficient (Wildman–Crippen LogP) is 6.28. The van der Waals surface area contributed by atoms with Crippen molar-refractivity contribution < 1.29 is 31.3 Å². The van der Waals surface area contributed by atoms with Gasteiger partial charge >= 0.3 is 12.8 Å². The fourth-order valence-electron chi connectivity index (χ4n) is 2.95. The maximum atomic E-state index is 13.1. The van der Waals surface area contributed by atoms with Gasteiger partial charge < -0.3 is 4.74 Å². The van der Waals surface area contributed by atoms with E-state index in [0.717, 1.165) is 16.5 Å². The lowest BCUT2D eigenvalue weighted by Gasteiger charge is -2.17. The SMILES string of the molecule is CS/C(C)=C/C[N+]1=C(c2ccc(C(F)(F)F)cc2OC(F)F)/C(C)=C/C=C\CC1. The first-order valence-electron chi connectivity index (χ1n) is 8.96. The first-order chi connectivity index (χ1) is 13.6. The van der Waals surface area contributed by atoms with Gasteiger partial charge in [0.05, 0.1) is 11.1 Å². The molecule has 0 amide bonds. The molecule has 0 saturated carbocycles. The van der Waals surface area contributed by atoms with Crippen LogP contribution in [0.15, 0.2) is 53.0 Å². The number of halogens is 5. The molecule has 2 rings (SSSR count). The van der Waals surface area contributed by atoms with Gasteiger partial charge in [-0.25, -0.2) is 4.58 Å². The Morgan fingerprint density at radius 2 is 2.03 bits per heavy atom. The summed E-state index contributed by atoms with van der Waals surface area (Å²) >= 11 is 1.58. The summed E-state index contributed by atoms with van der Waals surface area (Å²) in [6.07, 6.45) is 5.66. The lowest BCUT2D eigenvalue weighted by molar-refractivity contribution is -0.516. The minimum atomic E-state index is -4.66. The topological polar surface area (TPSA) is 12.2 Å². The Labute approximate surface area is 171 Å². The summed E-state index contributed by atoms with van der Waals surface area (Å²) in [4.78, 5) is 1.08. The predicted molar refractivity (Wildman–Crippen MR) is 107 cm³/mol. The minimum Gasteiger partial charge on any atom is -0.434 e. The Hall–Kier alpha value is -2.09. The Morgan fingerprint density at radius 3 is 2.66 bits per heavy atom. The third-order valence-electron chi connectivity index (χ3n) is 4.44. The van der Waals surface area contributed by atoms with E-state index in [4.69, 9.17) is 0 Å². The second-order valence-electron chi connectivity index (χ2n) is 6.47. The summed E-state index contributed by atoms with van der Waals surface area (Å²) in [5.74, 6) is -0.488. The molecule has 2 nitrogen and oxygen atoms in total. The van der Waals surface area contributed by atoms with Crippen LogP contribution in [-0.2, 0) is 6.18 Å². The molecule has 29 heavy (non-hydrogen) atoms. The number of thioether (sulfide) groups is 1. The number of ether oxygens (including phenoxy) is 1.